The van der Waals surface area contributed by atoms with Crippen LogP contribution in [0.15, 0.2) is 30.5 Å². The molecule has 2 aromatic rings. The van der Waals surface area contributed by atoms with Gasteiger partial charge in [-0.2, -0.15) is 0 Å². The van der Waals surface area contributed by atoms with Gasteiger partial charge in [0.25, 0.3) is 11.8 Å². The molecule has 0 spiro atoms. The second-order valence-electron chi connectivity index (χ2n) is 6.13. The second-order valence-corrected chi connectivity index (χ2v) is 6.13. The molecule has 1 fully saturated rings. The maximum absolute atomic E-state index is 12.6. The Morgan fingerprint density at radius 2 is 2.08 bits per heavy atom. The van der Waals surface area contributed by atoms with Crippen molar-refractivity contribution >= 4 is 11.8 Å². The third-order valence-electron chi connectivity index (χ3n) is 4.32. The Morgan fingerprint density at radius 3 is 2.68 bits per heavy atom. The van der Waals surface area contributed by atoms with Crippen LogP contribution in [0.2, 0.25) is 0 Å². The quantitative estimate of drug-likeness (QED) is 0.840. The Balaban J connectivity index is 1.59. The van der Waals surface area contributed by atoms with E-state index in [0.717, 1.165) is 11.3 Å². The smallest absolute Gasteiger partial charge is 0.270 e. The highest BCUT2D eigenvalue weighted by atomic mass is 16.5. The van der Waals surface area contributed by atoms with Gasteiger partial charge in [0.15, 0.2) is 11.8 Å². The summed E-state index contributed by atoms with van der Waals surface area (Å²) in [5.41, 5.74) is 6.29. The van der Waals surface area contributed by atoms with E-state index in [2.05, 4.69) is 10.3 Å². The van der Waals surface area contributed by atoms with E-state index in [1.54, 1.807) is 9.58 Å². The topological polar surface area (TPSA) is 103 Å². The van der Waals surface area contributed by atoms with Crippen LogP contribution in [0.3, 0.4) is 0 Å². The zero-order valence-electron chi connectivity index (χ0n) is 14.3. The van der Waals surface area contributed by atoms with Crippen LogP contribution < -0.4 is 10.5 Å². The maximum atomic E-state index is 12.6. The molecule has 0 aliphatic carbocycles. The highest BCUT2D eigenvalue weighted by molar-refractivity contribution is 5.90. The summed E-state index contributed by atoms with van der Waals surface area (Å²) in [5, 5.41) is 7.61. The molecule has 132 valence electrons. The standard InChI is InChI=1S/C17H21N5O3/c1-3-14(25-15-7-5-4-6-11(15)2)17(24)21-8-12(9-21)22-10-13(16(18)23)19-20-22/h4-7,10,12,14H,3,8-9H2,1-2H3,(H2,18,23)/t14-/m1/s1. The molecule has 25 heavy (non-hydrogen) atoms. The van der Waals surface area contributed by atoms with Gasteiger partial charge >= 0.3 is 0 Å². The van der Waals surface area contributed by atoms with Crippen molar-refractivity contribution in [2.24, 2.45) is 5.73 Å². The fourth-order valence-corrected chi connectivity index (χ4v) is 2.72. The lowest BCUT2D eigenvalue weighted by Crippen LogP contribution is -2.55. The van der Waals surface area contributed by atoms with Crippen molar-refractivity contribution in [3.8, 4) is 5.75 Å². The highest BCUT2D eigenvalue weighted by Crippen LogP contribution is 2.24. The Hall–Kier alpha value is -2.90. The number of nitrogens with zero attached hydrogens (tertiary/aromatic N) is 4. The zero-order valence-corrected chi connectivity index (χ0v) is 14.3. The molecule has 1 aliphatic rings. The fourth-order valence-electron chi connectivity index (χ4n) is 2.72. The first kappa shape index (κ1) is 16.9. The largest absolute Gasteiger partial charge is 0.480 e. The van der Waals surface area contributed by atoms with Gasteiger partial charge in [0.05, 0.1) is 12.2 Å². The van der Waals surface area contributed by atoms with Gasteiger partial charge in [-0.25, -0.2) is 4.68 Å². The van der Waals surface area contributed by atoms with Crippen molar-refractivity contribution in [1.29, 1.82) is 0 Å². The predicted octanol–water partition coefficient (Wildman–Crippen LogP) is 0.926. The van der Waals surface area contributed by atoms with E-state index in [-0.39, 0.29) is 17.6 Å². The number of primary amides is 1. The van der Waals surface area contributed by atoms with Crippen molar-refractivity contribution in [2.45, 2.75) is 32.4 Å². The average Bonchev–Trinajstić information content (AvgIpc) is 3.02. The lowest BCUT2D eigenvalue weighted by Gasteiger charge is -2.40. The van der Waals surface area contributed by atoms with Crippen LogP contribution in [-0.4, -0.2) is 50.9 Å². The minimum absolute atomic E-state index is 0.000479. The highest BCUT2D eigenvalue weighted by Gasteiger charge is 2.36. The first-order chi connectivity index (χ1) is 12.0. The molecule has 0 unspecified atom stereocenters. The Bertz CT molecular complexity index is 782. The normalized spacial score (nSPS) is 15.5. The SMILES string of the molecule is CC[C@@H](Oc1ccccc1C)C(=O)N1CC(n2cc(C(N)=O)nn2)C1. The van der Waals surface area contributed by atoms with Crippen LogP contribution in [0.1, 0.15) is 35.4 Å². The van der Waals surface area contributed by atoms with E-state index in [1.165, 1.54) is 6.20 Å². The number of rotatable bonds is 6. The van der Waals surface area contributed by atoms with E-state index in [1.807, 2.05) is 38.1 Å². The number of amides is 2. The van der Waals surface area contributed by atoms with Crippen LogP contribution in [0.4, 0.5) is 0 Å². The summed E-state index contributed by atoms with van der Waals surface area (Å²) in [5.74, 6) is 0.0653. The van der Waals surface area contributed by atoms with Gasteiger partial charge in [0, 0.05) is 13.1 Å². The zero-order chi connectivity index (χ0) is 18.0. The number of aromatic nitrogens is 3. The van der Waals surface area contributed by atoms with Crippen molar-refractivity contribution in [3.63, 3.8) is 0 Å². The number of ether oxygens (including phenoxy) is 1. The van der Waals surface area contributed by atoms with Gasteiger partial charge in [-0.3, -0.25) is 9.59 Å². The van der Waals surface area contributed by atoms with Gasteiger partial charge in [0.2, 0.25) is 0 Å². The van der Waals surface area contributed by atoms with E-state index in [0.29, 0.717) is 19.5 Å². The molecule has 2 heterocycles. The molecule has 8 nitrogen and oxygen atoms in total. The molecule has 1 aromatic carbocycles. The van der Waals surface area contributed by atoms with Crippen LogP contribution >= 0.6 is 0 Å². The van der Waals surface area contributed by atoms with Crippen molar-refractivity contribution in [2.75, 3.05) is 13.1 Å². The number of likely N-dealkylation sites (tertiary alicyclic amines) is 1. The number of hydrogen-bond donors (Lipinski definition) is 1. The predicted molar refractivity (Wildman–Crippen MR) is 90.0 cm³/mol. The van der Waals surface area contributed by atoms with Gasteiger partial charge in [0.1, 0.15) is 5.75 Å². The van der Waals surface area contributed by atoms with Crippen molar-refractivity contribution < 1.29 is 14.3 Å². The monoisotopic (exact) mass is 343 g/mol. The minimum atomic E-state index is -0.615. The molecular formula is C17H21N5O3. The van der Waals surface area contributed by atoms with Crippen LogP contribution in [0.25, 0.3) is 0 Å². The first-order valence-corrected chi connectivity index (χ1v) is 8.22. The number of carbonyl (C=O) groups is 2. The van der Waals surface area contributed by atoms with E-state index < -0.39 is 12.0 Å². The molecule has 1 atom stereocenters. The summed E-state index contributed by atoms with van der Waals surface area (Å²) in [6, 6.07) is 7.64. The Kier molecular flexibility index (Phi) is 4.69. The molecule has 2 amide bonds. The molecular weight excluding hydrogens is 322 g/mol. The lowest BCUT2D eigenvalue weighted by atomic mass is 10.1. The summed E-state index contributed by atoms with van der Waals surface area (Å²) >= 11 is 0. The van der Waals surface area contributed by atoms with Gasteiger partial charge in [-0.05, 0) is 25.0 Å². The van der Waals surface area contributed by atoms with Crippen molar-refractivity contribution in [3.05, 3.63) is 41.7 Å². The Labute approximate surface area is 145 Å². The first-order valence-electron chi connectivity index (χ1n) is 8.22. The molecule has 0 radical (unpaired) electrons. The fraction of sp³-hybridized carbons (Fsp3) is 0.412. The molecule has 1 saturated heterocycles. The van der Waals surface area contributed by atoms with Gasteiger partial charge < -0.3 is 15.4 Å². The molecule has 0 saturated carbocycles. The Morgan fingerprint density at radius 1 is 1.36 bits per heavy atom. The van der Waals surface area contributed by atoms with Crippen molar-refractivity contribution in [1.82, 2.24) is 19.9 Å². The summed E-state index contributed by atoms with van der Waals surface area (Å²) in [4.78, 5) is 25.4. The molecule has 3 rings (SSSR count). The van der Waals surface area contributed by atoms with Gasteiger partial charge in [-0.15, -0.1) is 5.10 Å². The van der Waals surface area contributed by atoms with E-state index in [9.17, 15) is 9.59 Å². The maximum Gasteiger partial charge on any atom is 0.270 e. The van der Waals surface area contributed by atoms with Crippen LogP contribution in [0.5, 0.6) is 5.75 Å². The molecule has 1 aromatic heterocycles. The third-order valence-corrected chi connectivity index (χ3v) is 4.32. The number of aryl methyl sites for hydroxylation is 1. The van der Waals surface area contributed by atoms with E-state index in [4.69, 9.17) is 10.5 Å². The summed E-state index contributed by atoms with van der Waals surface area (Å²) in [6.45, 7) is 4.89. The molecule has 0 bridgehead atoms. The number of hydrogen-bond acceptors (Lipinski definition) is 5. The van der Waals surface area contributed by atoms with Crippen LogP contribution in [-0.2, 0) is 4.79 Å². The lowest BCUT2D eigenvalue weighted by molar-refractivity contribution is -0.145. The van der Waals surface area contributed by atoms with E-state index >= 15 is 0 Å². The molecule has 8 heteroatoms. The van der Waals surface area contributed by atoms with Gasteiger partial charge in [-0.1, -0.05) is 30.3 Å². The second kappa shape index (κ2) is 6.92. The number of para-hydroxylation sites is 1. The minimum Gasteiger partial charge on any atom is -0.480 e. The number of benzene rings is 1. The average molecular weight is 343 g/mol. The summed E-state index contributed by atoms with van der Waals surface area (Å²) in [7, 11) is 0. The summed E-state index contributed by atoms with van der Waals surface area (Å²) < 4.78 is 7.48. The molecule has 1 aliphatic heterocycles. The molecule has 2 N–H and O–H groups in total. The third kappa shape index (κ3) is 3.47. The number of nitrogens with two attached hydrogens (primary N) is 1. The number of carbonyl (C=O) groups excluding carboxylic acids is 2. The summed E-state index contributed by atoms with van der Waals surface area (Å²) in [6.07, 6.45) is 1.58. The van der Waals surface area contributed by atoms with Crippen LogP contribution in [0, 0.1) is 6.92 Å².